The van der Waals surface area contributed by atoms with Crippen molar-refractivity contribution in [2.24, 2.45) is 5.73 Å². The van der Waals surface area contributed by atoms with Crippen molar-refractivity contribution in [3.05, 3.63) is 93.4 Å². The van der Waals surface area contributed by atoms with Gasteiger partial charge in [-0.25, -0.2) is 0 Å². The lowest BCUT2D eigenvalue weighted by atomic mass is 10.0. The third kappa shape index (κ3) is 6.63. The zero-order valence-corrected chi connectivity index (χ0v) is 21.5. The van der Waals surface area contributed by atoms with Crippen LogP contribution in [0.4, 0.5) is 26.3 Å². The molecule has 1 atom stereocenters. The molecule has 0 unspecified atom stereocenters. The number of rotatable bonds is 6. The summed E-state index contributed by atoms with van der Waals surface area (Å²) in [4.78, 5) is 17.0. The zero-order valence-electron chi connectivity index (χ0n) is 20.7. The van der Waals surface area contributed by atoms with Crippen molar-refractivity contribution in [1.82, 2.24) is 15.1 Å². The van der Waals surface area contributed by atoms with Crippen LogP contribution < -0.4 is 11.1 Å². The van der Waals surface area contributed by atoms with Crippen molar-refractivity contribution < 1.29 is 31.1 Å². The monoisotopic (exact) mass is 572 g/mol. The van der Waals surface area contributed by atoms with Gasteiger partial charge in [0.2, 0.25) is 0 Å². The van der Waals surface area contributed by atoms with E-state index in [-0.39, 0.29) is 29.2 Å². The van der Waals surface area contributed by atoms with Crippen LogP contribution in [0.3, 0.4) is 0 Å². The second-order valence-corrected chi connectivity index (χ2v) is 9.82. The number of carbonyl (C=O) groups is 1. The molecule has 2 aromatic carbocycles. The minimum absolute atomic E-state index is 0.0792. The standard InChI is InChI=1S/C27H27ClF6N4O/c28-21-8-3-2-7-20(21)22-9-6-12-38(22)25(39)23(35)24(37-10-4-1-5-11-37)36-16-17-13-18(26(29,30)31)15-19(14-17)27(32,33)34/h1-4,7-8,13-15,22,36H,5-6,9-12,16,35H2/b24-23+/t22-/m1/s1. The van der Waals surface area contributed by atoms with E-state index in [4.69, 9.17) is 17.3 Å². The second kappa shape index (κ2) is 11.4. The van der Waals surface area contributed by atoms with Gasteiger partial charge < -0.3 is 20.9 Å². The highest BCUT2D eigenvalue weighted by molar-refractivity contribution is 6.31. The molecule has 0 radical (unpaired) electrons. The number of halogens is 7. The van der Waals surface area contributed by atoms with E-state index in [2.05, 4.69) is 5.32 Å². The summed E-state index contributed by atoms with van der Waals surface area (Å²) in [5.41, 5.74) is 3.90. The van der Waals surface area contributed by atoms with E-state index in [1.807, 2.05) is 24.3 Å². The summed E-state index contributed by atoms with van der Waals surface area (Å²) in [7, 11) is 0. The zero-order chi connectivity index (χ0) is 28.4. The Morgan fingerprint density at radius 3 is 2.26 bits per heavy atom. The predicted octanol–water partition coefficient (Wildman–Crippen LogP) is 6.22. The van der Waals surface area contributed by atoms with E-state index in [9.17, 15) is 31.1 Å². The average Bonchev–Trinajstić information content (AvgIpc) is 3.37. The summed E-state index contributed by atoms with van der Waals surface area (Å²) in [6.45, 7) is 0.827. The van der Waals surface area contributed by atoms with Gasteiger partial charge in [-0.1, -0.05) is 42.0 Å². The lowest BCUT2D eigenvalue weighted by Crippen LogP contribution is -2.42. The highest BCUT2D eigenvalue weighted by Gasteiger charge is 2.37. The van der Waals surface area contributed by atoms with Crippen molar-refractivity contribution >= 4 is 17.5 Å². The van der Waals surface area contributed by atoms with E-state index in [0.717, 1.165) is 5.56 Å². The molecular weight excluding hydrogens is 546 g/mol. The quantitative estimate of drug-likeness (QED) is 0.245. The fourth-order valence-corrected chi connectivity index (χ4v) is 5.13. The number of likely N-dealkylation sites (tertiary alicyclic amines) is 1. The highest BCUT2D eigenvalue weighted by Crippen LogP contribution is 2.38. The van der Waals surface area contributed by atoms with Gasteiger partial charge in [0.05, 0.1) is 17.2 Å². The summed E-state index contributed by atoms with van der Waals surface area (Å²) in [5, 5.41) is 3.38. The van der Waals surface area contributed by atoms with Crippen LogP contribution in [0.5, 0.6) is 0 Å². The fourth-order valence-electron chi connectivity index (χ4n) is 4.86. The van der Waals surface area contributed by atoms with Gasteiger partial charge in [0.15, 0.2) is 0 Å². The van der Waals surface area contributed by atoms with Gasteiger partial charge >= 0.3 is 12.4 Å². The van der Waals surface area contributed by atoms with Gasteiger partial charge in [0.1, 0.15) is 11.5 Å². The van der Waals surface area contributed by atoms with E-state index in [1.54, 1.807) is 21.9 Å². The molecule has 1 fully saturated rings. The number of hydrogen-bond donors (Lipinski definition) is 2. The number of benzene rings is 2. The minimum Gasteiger partial charge on any atom is -0.391 e. The Bertz CT molecular complexity index is 1240. The number of carbonyl (C=O) groups excluding carboxylic acids is 1. The van der Waals surface area contributed by atoms with Crippen molar-refractivity contribution in [2.45, 2.75) is 44.2 Å². The maximum Gasteiger partial charge on any atom is 0.416 e. The van der Waals surface area contributed by atoms with Gasteiger partial charge in [-0.05, 0) is 54.7 Å². The molecule has 2 aliphatic rings. The maximum atomic E-state index is 13.6. The summed E-state index contributed by atoms with van der Waals surface area (Å²) in [6, 6.07) is 8.24. The Labute approximate surface area is 226 Å². The first-order valence-corrected chi connectivity index (χ1v) is 12.7. The van der Waals surface area contributed by atoms with Crippen LogP contribution >= 0.6 is 11.6 Å². The SMILES string of the molecule is N/C(C(=O)N1CCC[C@@H]1c1ccccc1Cl)=C(\NCc1cc(C(F)(F)F)cc(C(F)(F)F)c1)N1CC=CCC1. The van der Waals surface area contributed by atoms with E-state index >= 15 is 0 Å². The van der Waals surface area contributed by atoms with Gasteiger partial charge in [-0.15, -0.1) is 0 Å². The highest BCUT2D eigenvalue weighted by atomic mass is 35.5. The molecule has 0 bridgehead atoms. The topological polar surface area (TPSA) is 61.6 Å². The second-order valence-electron chi connectivity index (χ2n) is 9.41. The molecule has 3 N–H and O–H groups in total. The Balaban J connectivity index is 1.66. The molecular formula is C27H27ClF6N4O. The molecule has 210 valence electrons. The van der Waals surface area contributed by atoms with E-state index in [1.165, 1.54) is 0 Å². The van der Waals surface area contributed by atoms with Crippen LogP contribution in [0.2, 0.25) is 5.02 Å². The van der Waals surface area contributed by atoms with E-state index < -0.39 is 35.9 Å². The molecule has 2 aliphatic heterocycles. The molecule has 4 rings (SSSR count). The fraction of sp³-hybridized carbons (Fsp3) is 0.370. The van der Waals surface area contributed by atoms with Crippen molar-refractivity contribution in [2.75, 3.05) is 19.6 Å². The van der Waals surface area contributed by atoms with Crippen LogP contribution in [-0.4, -0.2) is 35.3 Å². The molecule has 5 nitrogen and oxygen atoms in total. The van der Waals surface area contributed by atoms with E-state index in [0.29, 0.717) is 56.1 Å². The molecule has 1 amide bonds. The van der Waals surface area contributed by atoms with Crippen molar-refractivity contribution in [1.29, 1.82) is 0 Å². The third-order valence-corrected chi connectivity index (χ3v) is 7.09. The average molecular weight is 573 g/mol. The van der Waals surface area contributed by atoms with Crippen LogP contribution in [-0.2, 0) is 23.7 Å². The number of nitrogens with two attached hydrogens (primary N) is 1. The van der Waals surface area contributed by atoms with Gasteiger partial charge in [-0.3, -0.25) is 4.79 Å². The van der Waals surface area contributed by atoms with Crippen molar-refractivity contribution in [3.8, 4) is 0 Å². The summed E-state index contributed by atoms with van der Waals surface area (Å²) >= 11 is 6.38. The summed E-state index contributed by atoms with van der Waals surface area (Å²) in [5.74, 6) is -0.338. The number of nitrogens with zero attached hydrogens (tertiary/aromatic N) is 2. The Morgan fingerprint density at radius 2 is 1.67 bits per heavy atom. The number of nitrogens with one attached hydrogen (secondary N) is 1. The molecule has 0 aromatic heterocycles. The molecule has 0 spiro atoms. The van der Waals surface area contributed by atoms with Crippen LogP contribution in [0, 0.1) is 0 Å². The minimum atomic E-state index is -4.97. The maximum absolute atomic E-state index is 13.6. The summed E-state index contributed by atoms with van der Waals surface area (Å²) < 4.78 is 80.1. The Hall–Kier alpha value is -3.34. The third-order valence-electron chi connectivity index (χ3n) is 6.75. The van der Waals surface area contributed by atoms with Gasteiger partial charge in [0.25, 0.3) is 5.91 Å². The Kier molecular flexibility index (Phi) is 8.39. The largest absolute Gasteiger partial charge is 0.416 e. The number of alkyl halides is 6. The van der Waals surface area contributed by atoms with Crippen LogP contribution in [0.25, 0.3) is 0 Å². The van der Waals surface area contributed by atoms with Crippen LogP contribution in [0.15, 0.2) is 66.1 Å². The Morgan fingerprint density at radius 1 is 1.00 bits per heavy atom. The first-order valence-electron chi connectivity index (χ1n) is 12.3. The molecule has 0 saturated carbocycles. The molecule has 0 aliphatic carbocycles. The molecule has 1 saturated heterocycles. The number of amides is 1. The lowest BCUT2D eigenvalue weighted by Gasteiger charge is -2.32. The predicted molar refractivity (Wildman–Crippen MR) is 135 cm³/mol. The normalized spacial score (nSPS) is 18.8. The van der Waals surface area contributed by atoms with Crippen LogP contribution in [0.1, 0.15) is 47.6 Å². The van der Waals surface area contributed by atoms with Crippen molar-refractivity contribution in [3.63, 3.8) is 0 Å². The van der Waals surface area contributed by atoms with Gasteiger partial charge in [0, 0.05) is 31.2 Å². The summed E-state index contributed by atoms with van der Waals surface area (Å²) in [6.07, 6.45) is -4.15. The first-order chi connectivity index (χ1) is 18.4. The van der Waals surface area contributed by atoms with Gasteiger partial charge in [-0.2, -0.15) is 26.3 Å². The molecule has 12 heteroatoms. The molecule has 39 heavy (non-hydrogen) atoms. The molecule has 2 aromatic rings. The lowest BCUT2D eigenvalue weighted by molar-refractivity contribution is -0.143. The first kappa shape index (κ1) is 28.7. The molecule has 2 heterocycles. The smallest absolute Gasteiger partial charge is 0.391 e. The number of hydrogen-bond acceptors (Lipinski definition) is 4.